The maximum atomic E-state index is 10.5. The predicted octanol–water partition coefficient (Wildman–Crippen LogP) is 5.52. The molecule has 0 amide bonds. The average molecular weight is 319 g/mol. The zero-order valence-corrected chi connectivity index (χ0v) is 14.5. The van der Waals surface area contributed by atoms with Gasteiger partial charge in [-0.2, -0.15) is 8.42 Å². The van der Waals surface area contributed by atoms with Crippen LogP contribution in [0.5, 0.6) is 0 Å². The Balaban J connectivity index is 3.15. The van der Waals surface area contributed by atoms with Crippen LogP contribution < -0.4 is 0 Å². The lowest BCUT2D eigenvalue weighted by Gasteiger charge is -1.99. The zero-order valence-electron chi connectivity index (χ0n) is 13.7. The molecule has 0 aromatic carbocycles. The largest absolute Gasteiger partial charge is 0.286 e. The summed E-state index contributed by atoms with van der Waals surface area (Å²) in [5.74, 6) is -0.0921. The molecule has 1 N–H and O–H groups in total. The molecule has 0 unspecified atom stereocenters. The minimum absolute atomic E-state index is 0.0921. The molecule has 0 saturated heterocycles. The molecule has 0 saturated carbocycles. The molecule has 21 heavy (non-hydrogen) atoms. The van der Waals surface area contributed by atoms with E-state index in [9.17, 15) is 8.42 Å². The Morgan fingerprint density at radius 1 is 0.714 bits per heavy atom. The van der Waals surface area contributed by atoms with Crippen LogP contribution in [0.3, 0.4) is 0 Å². The molecule has 0 aliphatic heterocycles. The fraction of sp³-hybridized carbons (Fsp3) is 0.882. The van der Waals surface area contributed by atoms with E-state index in [0.717, 1.165) is 25.7 Å². The van der Waals surface area contributed by atoms with Gasteiger partial charge in [-0.25, -0.2) is 0 Å². The fourth-order valence-corrected chi connectivity index (χ4v) is 2.92. The Morgan fingerprint density at radius 2 is 1.14 bits per heavy atom. The van der Waals surface area contributed by atoms with Crippen molar-refractivity contribution in [3.05, 3.63) is 12.2 Å². The molecule has 3 nitrogen and oxygen atoms in total. The van der Waals surface area contributed by atoms with Crippen molar-refractivity contribution in [2.45, 2.75) is 90.4 Å². The van der Waals surface area contributed by atoms with Crippen molar-refractivity contribution in [3.8, 4) is 0 Å². The smallest absolute Gasteiger partial charge is 0.264 e. The van der Waals surface area contributed by atoms with E-state index in [1.165, 1.54) is 51.4 Å². The molecule has 4 heteroatoms. The molecule has 0 aliphatic carbocycles. The van der Waals surface area contributed by atoms with Crippen LogP contribution in [0.1, 0.15) is 90.4 Å². The molecule has 0 fully saturated rings. The summed E-state index contributed by atoms with van der Waals surface area (Å²) in [4.78, 5) is 0. The Bertz CT molecular complexity index is 334. The normalized spacial score (nSPS) is 12.3. The highest BCUT2D eigenvalue weighted by atomic mass is 32.2. The standard InChI is InChI=1S/C17H34O3S/c1-2-3-4-5-6-7-8-9-10-11-12-13-14-15-16-17-21(18,19)20/h9-10H,2-8,11-17H2,1H3,(H,18,19,20)/b10-9-. The second-order valence-corrected chi connectivity index (χ2v) is 7.44. The summed E-state index contributed by atoms with van der Waals surface area (Å²) in [6.45, 7) is 2.25. The highest BCUT2D eigenvalue weighted by Crippen LogP contribution is 2.09. The number of hydrogen-bond donors (Lipinski definition) is 1. The second kappa shape index (κ2) is 14.6. The summed E-state index contributed by atoms with van der Waals surface area (Å²) in [5.41, 5.74) is 0. The lowest BCUT2D eigenvalue weighted by molar-refractivity contribution is 0.479. The number of unbranched alkanes of at least 4 members (excludes halogenated alkanes) is 11. The SMILES string of the molecule is CCCCCCCC/C=C\CCCCCCCS(=O)(=O)O. The number of rotatable bonds is 15. The first-order valence-corrected chi connectivity index (χ1v) is 10.3. The highest BCUT2D eigenvalue weighted by molar-refractivity contribution is 7.85. The third-order valence-electron chi connectivity index (χ3n) is 3.66. The first-order valence-electron chi connectivity index (χ1n) is 8.66. The Labute approximate surface area is 132 Å². The second-order valence-electron chi connectivity index (χ2n) is 5.87. The van der Waals surface area contributed by atoms with Crippen molar-refractivity contribution >= 4 is 10.1 Å². The van der Waals surface area contributed by atoms with Crippen molar-refractivity contribution in [1.29, 1.82) is 0 Å². The minimum Gasteiger partial charge on any atom is -0.286 e. The lowest BCUT2D eigenvalue weighted by Crippen LogP contribution is -2.03. The van der Waals surface area contributed by atoms with E-state index in [1.54, 1.807) is 0 Å². The van der Waals surface area contributed by atoms with E-state index in [1.807, 2.05) is 0 Å². The first-order chi connectivity index (χ1) is 10.1. The van der Waals surface area contributed by atoms with Crippen LogP contribution >= 0.6 is 0 Å². The van der Waals surface area contributed by atoms with Gasteiger partial charge in [-0.05, 0) is 32.1 Å². The van der Waals surface area contributed by atoms with Crippen LogP contribution in [0, 0.1) is 0 Å². The lowest BCUT2D eigenvalue weighted by atomic mass is 10.1. The fourth-order valence-electron chi connectivity index (χ4n) is 2.36. The van der Waals surface area contributed by atoms with Crippen LogP contribution in [0.15, 0.2) is 12.2 Å². The molecule has 0 aromatic rings. The molecule has 0 spiro atoms. The number of hydrogen-bond acceptors (Lipinski definition) is 2. The minimum atomic E-state index is -3.75. The molecule has 126 valence electrons. The topological polar surface area (TPSA) is 54.4 Å². The molecular formula is C17H34O3S. The number of allylic oxidation sites excluding steroid dienone is 2. The molecular weight excluding hydrogens is 284 g/mol. The zero-order chi connectivity index (χ0) is 15.8. The first kappa shape index (κ1) is 20.6. The van der Waals surface area contributed by atoms with E-state index >= 15 is 0 Å². The van der Waals surface area contributed by atoms with Crippen LogP contribution in [0.4, 0.5) is 0 Å². The van der Waals surface area contributed by atoms with Gasteiger partial charge in [0.25, 0.3) is 10.1 Å². The molecule has 0 heterocycles. The summed E-state index contributed by atoms with van der Waals surface area (Å²) in [6.07, 6.45) is 19.9. The third-order valence-corrected chi connectivity index (χ3v) is 4.47. The van der Waals surface area contributed by atoms with Crippen molar-refractivity contribution in [2.75, 3.05) is 5.75 Å². The molecule has 0 aromatic heterocycles. The third kappa shape index (κ3) is 19.6. The summed E-state index contributed by atoms with van der Waals surface area (Å²) in [6, 6.07) is 0. The summed E-state index contributed by atoms with van der Waals surface area (Å²) in [5, 5.41) is 0. The van der Waals surface area contributed by atoms with Gasteiger partial charge in [0, 0.05) is 0 Å². The van der Waals surface area contributed by atoms with Crippen molar-refractivity contribution < 1.29 is 13.0 Å². The van der Waals surface area contributed by atoms with Gasteiger partial charge in [-0.3, -0.25) is 4.55 Å². The van der Waals surface area contributed by atoms with Crippen molar-refractivity contribution in [2.24, 2.45) is 0 Å². The molecule has 0 rings (SSSR count). The molecule has 0 atom stereocenters. The summed E-state index contributed by atoms with van der Waals surface area (Å²) >= 11 is 0. The average Bonchev–Trinajstić information content (AvgIpc) is 2.42. The maximum absolute atomic E-state index is 10.5. The Morgan fingerprint density at radius 3 is 1.62 bits per heavy atom. The summed E-state index contributed by atoms with van der Waals surface area (Å²) < 4.78 is 29.6. The Hall–Kier alpha value is -0.350. The van der Waals surface area contributed by atoms with E-state index in [-0.39, 0.29) is 5.75 Å². The van der Waals surface area contributed by atoms with Gasteiger partial charge >= 0.3 is 0 Å². The van der Waals surface area contributed by atoms with Crippen LogP contribution in [0.2, 0.25) is 0 Å². The van der Waals surface area contributed by atoms with Gasteiger partial charge in [0.05, 0.1) is 5.75 Å². The van der Waals surface area contributed by atoms with E-state index in [0.29, 0.717) is 6.42 Å². The van der Waals surface area contributed by atoms with Crippen molar-refractivity contribution in [1.82, 2.24) is 0 Å². The maximum Gasteiger partial charge on any atom is 0.264 e. The summed E-state index contributed by atoms with van der Waals surface area (Å²) in [7, 11) is -3.75. The Kier molecular flexibility index (Phi) is 14.3. The molecule has 0 aliphatic rings. The highest BCUT2D eigenvalue weighted by Gasteiger charge is 2.02. The quantitative estimate of drug-likeness (QED) is 0.246. The van der Waals surface area contributed by atoms with Gasteiger partial charge in [-0.15, -0.1) is 0 Å². The molecule has 0 bridgehead atoms. The van der Waals surface area contributed by atoms with Gasteiger partial charge in [0.2, 0.25) is 0 Å². The van der Waals surface area contributed by atoms with E-state index < -0.39 is 10.1 Å². The van der Waals surface area contributed by atoms with Crippen LogP contribution in [0.25, 0.3) is 0 Å². The van der Waals surface area contributed by atoms with Gasteiger partial charge in [0.15, 0.2) is 0 Å². The molecule has 0 radical (unpaired) electrons. The van der Waals surface area contributed by atoms with Crippen LogP contribution in [-0.4, -0.2) is 18.7 Å². The van der Waals surface area contributed by atoms with E-state index in [4.69, 9.17) is 4.55 Å². The van der Waals surface area contributed by atoms with Gasteiger partial charge in [-0.1, -0.05) is 70.4 Å². The van der Waals surface area contributed by atoms with Gasteiger partial charge < -0.3 is 0 Å². The van der Waals surface area contributed by atoms with Gasteiger partial charge in [0.1, 0.15) is 0 Å². The van der Waals surface area contributed by atoms with Crippen molar-refractivity contribution in [3.63, 3.8) is 0 Å². The van der Waals surface area contributed by atoms with Crippen LogP contribution in [-0.2, 0) is 10.1 Å². The monoisotopic (exact) mass is 318 g/mol. The predicted molar refractivity (Wildman–Crippen MR) is 91.3 cm³/mol. The van der Waals surface area contributed by atoms with E-state index in [2.05, 4.69) is 19.1 Å².